The maximum absolute atomic E-state index is 14.7. The first-order valence-corrected chi connectivity index (χ1v) is 7.62. The minimum atomic E-state index is -1.57. The van der Waals surface area contributed by atoms with Gasteiger partial charge in [-0.15, -0.1) is 11.3 Å². The quantitative estimate of drug-likeness (QED) is 0.813. The van der Waals surface area contributed by atoms with Gasteiger partial charge in [0.2, 0.25) is 5.43 Å². The van der Waals surface area contributed by atoms with Gasteiger partial charge in [-0.05, 0) is 0 Å². The van der Waals surface area contributed by atoms with Gasteiger partial charge in [0.1, 0.15) is 11.3 Å². The summed E-state index contributed by atoms with van der Waals surface area (Å²) < 4.78 is 42.9. The second-order valence-corrected chi connectivity index (χ2v) is 5.90. The number of carboxylic acid groups (broad SMARTS) is 1. The number of hydrogen-bond acceptors (Lipinski definition) is 5. The van der Waals surface area contributed by atoms with E-state index in [-0.39, 0.29) is 4.70 Å². The van der Waals surface area contributed by atoms with E-state index in [2.05, 4.69) is 5.32 Å². The van der Waals surface area contributed by atoms with E-state index in [0.29, 0.717) is 37.5 Å². The van der Waals surface area contributed by atoms with Crippen molar-refractivity contribution in [1.82, 2.24) is 5.32 Å². The molecule has 1 saturated heterocycles. The van der Waals surface area contributed by atoms with E-state index in [4.69, 9.17) is 5.11 Å². The van der Waals surface area contributed by atoms with E-state index in [9.17, 15) is 22.8 Å². The van der Waals surface area contributed by atoms with Crippen LogP contribution in [0.3, 0.4) is 0 Å². The number of fused-ring (bicyclic) bond motifs is 1. The van der Waals surface area contributed by atoms with Crippen LogP contribution in [0.25, 0.3) is 10.1 Å². The Hall–Kier alpha value is -2.13. The number of carbonyl (C=O) groups is 1. The fraction of sp³-hybridized carbons (Fsp3) is 0.286. The number of benzene rings is 1. The topological polar surface area (TPSA) is 69.6 Å². The summed E-state index contributed by atoms with van der Waals surface area (Å²) in [6.07, 6.45) is 0. The Morgan fingerprint density at radius 2 is 1.83 bits per heavy atom. The number of anilines is 1. The number of piperazine rings is 1. The molecule has 122 valence electrons. The van der Waals surface area contributed by atoms with Gasteiger partial charge in [-0.25, -0.2) is 18.0 Å². The van der Waals surface area contributed by atoms with Crippen LogP contribution < -0.4 is 15.6 Å². The van der Waals surface area contributed by atoms with Crippen LogP contribution in [0, 0.1) is 17.5 Å². The fourth-order valence-corrected chi connectivity index (χ4v) is 3.50. The molecule has 1 aliphatic rings. The number of rotatable bonds is 2. The molecule has 0 unspecified atom stereocenters. The highest BCUT2D eigenvalue weighted by Gasteiger charge is 2.28. The zero-order valence-corrected chi connectivity index (χ0v) is 12.5. The molecule has 1 fully saturated rings. The first kappa shape index (κ1) is 15.8. The molecule has 3 rings (SSSR count). The third-order valence-electron chi connectivity index (χ3n) is 3.68. The lowest BCUT2D eigenvalue weighted by Crippen LogP contribution is -2.44. The molecular weight excluding hydrogens is 333 g/mol. The largest absolute Gasteiger partial charge is 0.478 e. The van der Waals surface area contributed by atoms with Crippen molar-refractivity contribution in [2.45, 2.75) is 0 Å². The molecule has 0 saturated carbocycles. The molecule has 0 spiro atoms. The lowest BCUT2D eigenvalue weighted by atomic mass is 10.1. The summed E-state index contributed by atoms with van der Waals surface area (Å²) in [4.78, 5) is 24.3. The van der Waals surface area contributed by atoms with Crippen LogP contribution in [0.5, 0.6) is 0 Å². The predicted octanol–water partition coefficient (Wildman–Crippen LogP) is 1.79. The van der Waals surface area contributed by atoms with E-state index in [0.717, 1.165) is 5.38 Å². The van der Waals surface area contributed by atoms with E-state index in [1.807, 2.05) is 0 Å². The average Bonchev–Trinajstić information content (AvgIpc) is 2.53. The molecule has 5 nitrogen and oxygen atoms in total. The van der Waals surface area contributed by atoms with Crippen molar-refractivity contribution < 1.29 is 23.1 Å². The van der Waals surface area contributed by atoms with Gasteiger partial charge in [-0.1, -0.05) is 0 Å². The highest BCUT2D eigenvalue weighted by Crippen LogP contribution is 2.34. The first-order chi connectivity index (χ1) is 10.9. The number of halogens is 3. The molecule has 2 aromatic rings. The first-order valence-electron chi connectivity index (χ1n) is 6.74. The zero-order valence-electron chi connectivity index (χ0n) is 11.7. The Labute approximate surface area is 132 Å². The van der Waals surface area contributed by atoms with Crippen molar-refractivity contribution in [3.8, 4) is 0 Å². The number of nitrogens with zero attached hydrogens (tertiary/aromatic N) is 1. The summed E-state index contributed by atoms with van der Waals surface area (Å²) in [7, 11) is 0. The van der Waals surface area contributed by atoms with Crippen LogP contribution in [-0.2, 0) is 0 Å². The van der Waals surface area contributed by atoms with Gasteiger partial charge in [0.15, 0.2) is 17.5 Å². The van der Waals surface area contributed by atoms with Crippen molar-refractivity contribution >= 4 is 33.1 Å². The molecule has 1 aliphatic heterocycles. The summed E-state index contributed by atoms with van der Waals surface area (Å²) in [5.41, 5.74) is -2.46. The lowest BCUT2D eigenvalue weighted by Gasteiger charge is -2.30. The van der Waals surface area contributed by atoms with Crippen LogP contribution in [0.2, 0.25) is 0 Å². The highest BCUT2D eigenvalue weighted by molar-refractivity contribution is 7.16. The van der Waals surface area contributed by atoms with Gasteiger partial charge in [-0.3, -0.25) is 4.79 Å². The molecule has 1 aromatic carbocycles. The molecule has 2 N–H and O–H groups in total. The molecule has 0 bridgehead atoms. The van der Waals surface area contributed by atoms with Crippen molar-refractivity contribution in [1.29, 1.82) is 0 Å². The summed E-state index contributed by atoms with van der Waals surface area (Å²) in [5, 5.41) is 12.0. The Bertz CT molecular complexity index is 863. The third kappa shape index (κ3) is 2.45. The third-order valence-corrected chi connectivity index (χ3v) is 4.66. The minimum Gasteiger partial charge on any atom is -0.478 e. The number of carboxylic acids is 1. The standard InChI is InChI=1S/C14H11F3N2O3S/c15-8-7-12(20)6(14(21)22)5-23-13(7)10(17)11(9(8)16)19-3-1-18-2-4-19/h5,18H,1-4H2,(H,21,22). The maximum atomic E-state index is 14.7. The Balaban J connectivity index is 2.32. The molecule has 23 heavy (non-hydrogen) atoms. The summed E-state index contributed by atoms with van der Waals surface area (Å²) >= 11 is 0.569. The molecule has 0 aliphatic carbocycles. The second kappa shape index (κ2) is 5.82. The maximum Gasteiger partial charge on any atom is 0.340 e. The molecule has 9 heteroatoms. The average molecular weight is 344 g/mol. The van der Waals surface area contributed by atoms with E-state index in [1.54, 1.807) is 0 Å². The lowest BCUT2D eigenvalue weighted by molar-refractivity contribution is 0.0696. The van der Waals surface area contributed by atoms with Crippen molar-refractivity contribution in [3.05, 3.63) is 38.6 Å². The molecule has 0 radical (unpaired) electrons. The monoisotopic (exact) mass is 344 g/mol. The molecule has 0 amide bonds. The Morgan fingerprint density at radius 3 is 2.43 bits per heavy atom. The SMILES string of the molecule is O=C(O)c1csc2c(F)c(N3CCNCC3)c(F)c(F)c2c1=O. The number of hydrogen-bond donors (Lipinski definition) is 2. The smallest absolute Gasteiger partial charge is 0.340 e. The van der Waals surface area contributed by atoms with E-state index < -0.39 is 45.5 Å². The van der Waals surface area contributed by atoms with Gasteiger partial charge in [0.25, 0.3) is 0 Å². The van der Waals surface area contributed by atoms with Crippen LogP contribution in [0.15, 0.2) is 10.2 Å². The van der Waals surface area contributed by atoms with Crippen LogP contribution in [0.1, 0.15) is 10.4 Å². The van der Waals surface area contributed by atoms with E-state index >= 15 is 0 Å². The van der Waals surface area contributed by atoms with Crippen molar-refractivity contribution in [3.63, 3.8) is 0 Å². The normalized spacial score (nSPS) is 15.2. The predicted molar refractivity (Wildman–Crippen MR) is 80.0 cm³/mol. The van der Waals surface area contributed by atoms with Crippen LogP contribution >= 0.6 is 11.3 Å². The summed E-state index contributed by atoms with van der Waals surface area (Å²) in [6.45, 7) is 1.57. The zero-order chi connectivity index (χ0) is 16.7. The van der Waals surface area contributed by atoms with Gasteiger partial charge in [-0.2, -0.15) is 0 Å². The van der Waals surface area contributed by atoms with Gasteiger partial charge in [0, 0.05) is 31.6 Å². The molecule has 1 aromatic heterocycles. The fourth-order valence-electron chi connectivity index (χ4n) is 2.56. The van der Waals surface area contributed by atoms with Crippen molar-refractivity contribution in [2.24, 2.45) is 0 Å². The van der Waals surface area contributed by atoms with Gasteiger partial charge < -0.3 is 15.3 Å². The van der Waals surface area contributed by atoms with Gasteiger partial charge in [0.05, 0.1) is 10.1 Å². The number of aromatic carboxylic acids is 1. The summed E-state index contributed by atoms with van der Waals surface area (Å²) in [5.74, 6) is -5.59. The van der Waals surface area contributed by atoms with Crippen molar-refractivity contribution in [2.75, 3.05) is 31.1 Å². The highest BCUT2D eigenvalue weighted by atomic mass is 32.1. The van der Waals surface area contributed by atoms with E-state index in [1.165, 1.54) is 4.90 Å². The second-order valence-electron chi connectivity index (χ2n) is 5.02. The summed E-state index contributed by atoms with van der Waals surface area (Å²) in [6, 6.07) is 0. The molecular formula is C14H11F3N2O3S. The number of nitrogens with one attached hydrogen (secondary N) is 1. The van der Waals surface area contributed by atoms with Crippen LogP contribution in [-0.4, -0.2) is 37.3 Å². The van der Waals surface area contributed by atoms with Crippen LogP contribution in [0.4, 0.5) is 18.9 Å². The molecule has 2 heterocycles. The Morgan fingerprint density at radius 1 is 1.17 bits per heavy atom. The molecule has 0 atom stereocenters. The minimum absolute atomic E-state index is 0.293. The Kier molecular flexibility index (Phi) is 3.99. The van der Waals surface area contributed by atoms with Gasteiger partial charge >= 0.3 is 5.97 Å².